The predicted octanol–water partition coefficient (Wildman–Crippen LogP) is 3.65. The Kier molecular flexibility index (Phi) is 9.60. The van der Waals surface area contributed by atoms with Crippen LogP contribution in [0.1, 0.15) is 31.0 Å². The second kappa shape index (κ2) is 14.1. The number of hydrogen-bond donors (Lipinski definition) is 1. The number of ether oxygens (including phenoxy) is 3. The molecule has 1 atom stereocenters. The third-order valence-electron chi connectivity index (χ3n) is 7.76. The van der Waals surface area contributed by atoms with Crippen molar-refractivity contribution >= 4 is 34.9 Å². The molecule has 0 bridgehead atoms. The van der Waals surface area contributed by atoms with Gasteiger partial charge in [0.2, 0.25) is 0 Å². The summed E-state index contributed by atoms with van der Waals surface area (Å²) in [5, 5.41) is 2.90. The third kappa shape index (κ3) is 7.03. The number of hydrogen-bond acceptors (Lipinski definition) is 8. The van der Waals surface area contributed by atoms with Crippen LogP contribution in [0.2, 0.25) is 0 Å². The lowest BCUT2D eigenvalue weighted by Crippen LogP contribution is -2.43. The number of carbonyl (C=O) groups is 2. The maximum absolute atomic E-state index is 14.1. The average Bonchev–Trinajstić information content (AvgIpc) is 3.38. The van der Waals surface area contributed by atoms with Gasteiger partial charge in [0, 0.05) is 18.8 Å². The molecule has 0 aliphatic carbocycles. The van der Waals surface area contributed by atoms with E-state index in [9.17, 15) is 18.8 Å². The number of amides is 2. The van der Waals surface area contributed by atoms with E-state index in [1.165, 1.54) is 28.0 Å². The van der Waals surface area contributed by atoms with Gasteiger partial charge in [0.25, 0.3) is 17.4 Å². The highest BCUT2D eigenvalue weighted by molar-refractivity contribution is 7.07. The highest BCUT2D eigenvalue weighted by Gasteiger charge is 2.32. The first-order chi connectivity index (χ1) is 22.8. The van der Waals surface area contributed by atoms with Crippen molar-refractivity contribution in [3.05, 3.63) is 121 Å². The zero-order valence-electron chi connectivity index (χ0n) is 25.9. The number of halogens is 1. The number of aromatic nitrogens is 1. The maximum Gasteiger partial charge on any atom is 0.271 e. The first kappa shape index (κ1) is 31.9. The van der Waals surface area contributed by atoms with E-state index in [2.05, 4.69) is 10.3 Å². The molecule has 2 aliphatic rings. The van der Waals surface area contributed by atoms with Crippen LogP contribution in [0.3, 0.4) is 0 Å². The molecule has 47 heavy (non-hydrogen) atoms. The number of thiazole rings is 1. The number of morpholine rings is 1. The van der Waals surface area contributed by atoms with Crippen LogP contribution < -0.4 is 29.7 Å². The summed E-state index contributed by atoms with van der Waals surface area (Å²) in [6.07, 6.45) is 1.72. The van der Waals surface area contributed by atoms with Crippen molar-refractivity contribution in [2.45, 2.75) is 19.9 Å². The lowest BCUT2D eigenvalue weighted by molar-refractivity contribution is -0.137. The molecule has 3 aromatic carbocycles. The van der Waals surface area contributed by atoms with Crippen molar-refractivity contribution < 1.29 is 28.2 Å². The van der Waals surface area contributed by atoms with Gasteiger partial charge in [-0.2, -0.15) is 0 Å². The molecule has 0 saturated carbocycles. The lowest BCUT2D eigenvalue weighted by Gasteiger charge is -2.26. The van der Waals surface area contributed by atoms with Crippen LogP contribution in [0, 0.1) is 5.82 Å². The highest BCUT2D eigenvalue weighted by Crippen LogP contribution is 2.32. The number of nitrogens with zero attached hydrogens (tertiary/aromatic N) is 3. The Hall–Kier alpha value is -5.07. The molecule has 0 unspecified atom stereocenters. The summed E-state index contributed by atoms with van der Waals surface area (Å²) in [6.45, 7) is 5.85. The largest absolute Gasteiger partial charge is 0.490 e. The Morgan fingerprint density at radius 1 is 1.04 bits per heavy atom. The molecular formula is C35H33FN4O6S. The Balaban J connectivity index is 1.34. The second-order valence-corrected chi connectivity index (χ2v) is 11.9. The van der Waals surface area contributed by atoms with E-state index >= 15 is 0 Å². The first-order valence-electron chi connectivity index (χ1n) is 15.2. The van der Waals surface area contributed by atoms with Crippen molar-refractivity contribution in [3.63, 3.8) is 0 Å². The van der Waals surface area contributed by atoms with Crippen LogP contribution in [0.25, 0.3) is 6.08 Å². The van der Waals surface area contributed by atoms with E-state index in [0.29, 0.717) is 76.3 Å². The molecule has 6 rings (SSSR count). The molecule has 0 radical (unpaired) electrons. The summed E-state index contributed by atoms with van der Waals surface area (Å²) in [5.74, 6) is -0.134. The number of para-hydroxylation sites is 1. The average molecular weight is 657 g/mol. The van der Waals surface area contributed by atoms with Crippen molar-refractivity contribution in [2.75, 3.05) is 44.8 Å². The fourth-order valence-electron chi connectivity index (χ4n) is 5.49. The molecule has 4 aromatic rings. The van der Waals surface area contributed by atoms with Gasteiger partial charge in [-0.05, 0) is 67.4 Å². The van der Waals surface area contributed by atoms with Crippen LogP contribution in [-0.4, -0.2) is 60.8 Å². The summed E-state index contributed by atoms with van der Waals surface area (Å²) in [6, 6.07) is 19.1. The number of nitrogens with one attached hydrogen (secondary N) is 1. The van der Waals surface area contributed by atoms with Crippen LogP contribution >= 0.6 is 11.3 Å². The molecule has 1 fully saturated rings. The molecule has 3 heterocycles. The van der Waals surface area contributed by atoms with E-state index in [4.69, 9.17) is 14.2 Å². The van der Waals surface area contributed by atoms with Crippen molar-refractivity contribution in [2.24, 2.45) is 4.99 Å². The number of fused-ring (bicyclic) bond motifs is 1. The molecule has 1 aromatic heterocycles. The molecule has 0 spiro atoms. The van der Waals surface area contributed by atoms with Gasteiger partial charge in [-0.3, -0.25) is 19.0 Å². The summed E-state index contributed by atoms with van der Waals surface area (Å²) in [4.78, 5) is 47.1. The molecule has 1 saturated heterocycles. The molecule has 1 N–H and O–H groups in total. The zero-order valence-corrected chi connectivity index (χ0v) is 26.7. The Morgan fingerprint density at radius 3 is 2.51 bits per heavy atom. The van der Waals surface area contributed by atoms with Gasteiger partial charge in [-0.1, -0.05) is 47.7 Å². The summed E-state index contributed by atoms with van der Waals surface area (Å²) in [7, 11) is 0. The third-order valence-corrected chi connectivity index (χ3v) is 8.75. The molecule has 10 nitrogen and oxygen atoms in total. The van der Waals surface area contributed by atoms with Crippen LogP contribution in [0.4, 0.5) is 10.1 Å². The minimum Gasteiger partial charge on any atom is -0.490 e. The number of rotatable bonds is 9. The van der Waals surface area contributed by atoms with E-state index < -0.39 is 17.8 Å². The Morgan fingerprint density at radius 2 is 1.79 bits per heavy atom. The standard InChI is InChI=1S/C35H33FN4O6S/c1-3-45-28-19-23(9-14-27(28)46-21-30(41)39-15-17-44-18-16-39)20-29-34(43)40-32(24-10-12-25(36)13-11-24)31(22(2)37-35(40)47-29)33(42)38-26-7-5-4-6-8-26/h4-14,19-20,32H,3,15-18,21H2,1-2H3,(H,38,42)/b29-20+/t32-/m0/s1. The normalized spacial score (nSPS) is 16.4. The maximum atomic E-state index is 14.1. The molecule has 242 valence electrons. The van der Waals surface area contributed by atoms with Crippen LogP contribution in [0.15, 0.2) is 93.9 Å². The van der Waals surface area contributed by atoms with Gasteiger partial charge >= 0.3 is 0 Å². The molecule has 2 aliphatic heterocycles. The zero-order chi connectivity index (χ0) is 32.9. The van der Waals surface area contributed by atoms with E-state index in [-0.39, 0.29) is 23.6 Å². The van der Waals surface area contributed by atoms with Crippen molar-refractivity contribution in [1.82, 2.24) is 9.47 Å². The SMILES string of the molecule is CCOc1cc(/C=c2/sc3n(c2=O)[C@@H](c2ccc(F)cc2)C(C(=O)Nc2ccccc2)=C(C)N=3)ccc1OCC(=O)N1CCOCC1. The summed E-state index contributed by atoms with van der Waals surface area (Å²) in [5.41, 5.74) is 2.21. The van der Waals surface area contributed by atoms with Gasteiger partial charge in [-0.25, -0.2) is 9.38 Å². The number of carbonyl (C=O) groups excluding carboxylic acids is 2. The smallest absolute Gasteiger partial charge is 0.271 e. The van der Waals surface area contributed by atoms with Crippen LogP contribution in [-0.2, 0) is 14.3 Å². The van der Waals surface area contributed by atoms with Crippen molar-refractivity contribution in [3.8, 4) is 11.5 Å². The van der Waals surface area contributed by atoms with E-state index in [1.807, 2.05) is 25.1 Å². The topological polar surface area (TPSA) is 111 Å². The second-order valence-electron chi connectivity index (χ2n) is 10.9. The first-order valence-corrected chi connectivity index (χ1v) is 16.0. The quantitative estimate of drug-likeness (QED) is 0.295. The van der Waals surface area contributed by atoms with Gasteiger partial charge < -0.3 is 24.4 Å². The Bertz CT molecular complexity index is 2000. The molecule has 2 amide bonds. The van der Waals surface area contributed by atoms with Crippen LogP contribution in [0.5, 0.6) is 11.5 Å². The lowest BCUT2D eigenvalue weighted by atomic mass is 9.95. The van der Waals surface area contributed by atoms with E-state index in [0.717, 1.165) is 0 Å². The van der Waals surface area contributed by atoms with Gasteiger partial charge in [0.15, 0.2) is 22.9 Å². The fraction of sp³-hybridized carbons (Fsp3) is 0.257. The number of benzene rings is 3. The Labute approximate surface area is 274 Å². The van der Waals surface area contributed by atoms with Gasteiger partial charge in [0.1, 0.15) is 5.82 Å². The minimum atomic E-state index is -0.837. The summed E-state index contributed by atoms with van der Waals surface area (Å²) < 4.78 is 32.8. The number of allylic oxidation sites excluding steroid dienone is 1. The van der Waals surface area contributed by atoms with Gasteiger partial charge in [0.05, 0.1) is 41.7 Å². The van der Waals surface area contributed by atoms with Crippen molar-refractivity contribution in [1.29, 1.82) is 0 Å². The monoisotopic (exact) mass is 656 g/mol. The number of anilines is 1. The van der Waals surface area contributed by atoms with E-state index in [1.54, 1.807) is 60.4 Å². The molecule has 12 heteroatoms. The summed E-state index contributed by atoms with van der Waals surface area (Å²) >= 11 is 1.19. The minimum absolute atomic E-state index is 0.135. The van der Waals surface area contributed by atoms with Gasteiger partial charge in [-0.15, -0.1) is 0 Å². The fourth-order valence-corrected chi connectivity index (χ4v) is 6.54. The molecular weight excluding hydrogens is 623 g/mol. The predicted molar refractivity (Wildman–Crippen MR) is 176 cm³/mol. The highest BCUT2D eigenvalue weighted by atomic mass is 32.1.